The molecule has 2 atom stereocenters. The zero-order chi connectivity index (χ0) is 12.1. The Hall–Kier alpha value is -1.10. The smallest absolute Gasteiger partial charge is 0.303 e. The molecule has 5 nitrogen and oxygen atoms in total. The number of likely N-dealkylation sites (N-methyl/N-ethyl adjacent to an activating group) is 1. The van der Waals surface area contributed by atoms with E-state index in [0.29, 0.717) is 12.3 Å². The first-order valence-electron chi connectivity index (χ1n) is 5.64. The molecule has 0 saturated carbocycles. The largest absolute Gasteiger partial charge is 0.481 e. The molecule has 0 spiro atoms. The van der Waals surface area contributed by atoms with Crippen molar-refractivity contribution in [2.45, 2.75) is 32.2 Å². The quantitative estimate of drug-likeness (QED) is 0.726. The van der Waals surface area contributed by atoms with Crippen LogP contribution in [0.5, 0.6) is 0 Å². The Morgan fingerprint density at radius 2 is 2.12 bits per heavy atom. The van der Waals surface area contributed by atoms with E-state index in [-0.39, 0.29) is 18.4 Å². The number of carbonyl (C=O) groups excluding carboxylic acids is 1. The highest BCUT2D eigenvalue weighted by molar-refractivity contribution is 5.73. The lowest BCUT2D eigenvalue weighted by Gasteiger charge is -2.35. The fraction of sp³-hybridized carbons (Fsp3) is 0.818. The number of aliphatic carboxylic acids is 1. The molecule has 0 aromatic rings. The van der Waals surface area contributed by atoms with Gasteiger partial charge in [0.15, 0.2) is 0 Å². The number of carboxylic acid groups (broad SMARTS) is 1. The third kappa shape index (κ3) is 4.61. The highest BCUT2D eigenvalue weighted by Gasteiger charge is 2.25. The van der Waals surface area contributed by atoms with Crippen LogP contribution < -0.4 is 5.32 Å². The van der Waals surface area contributed by atoms with Gasteiger partial charge in [-0.15, -0.1) is 0 Å². The number of carbonyl (C=O) groups is 2. The van der Waals surface area contributed by atoms with Crippen LogP contribution in [0.25, 0.3) is 0 Å². The van der Waals surface area contributed by atoms with Crippen LogP contribution in [-0.2, 0) is 9.59 Å². The number of rotatable bonds is 4. The number of nitrogens with one attached hydrogen (secondary N) is 1. The maximum Gasteiger partial charge on any atom is 0.303 e. The van der Waals surface area contributed by atoms with Crippen LogP contribution in [0.4, 0.5) is 0 Å². The van der Waals surface area contributed by atoms with E-state index in [2.05, 4.69) is 10.2 Å². The maximum atomic E-state index is 11.0. The van der Waals surface area contributed by atoms with Crippen molar-refractivity contribution in [1.29, 1.82) is 0 Å². The van der Waals surface area contributed by atoms with Crippen LogP contribution in [-0.4, -0.2) is 48.1 Å². The SMILES string of the molecule is CC(=O)NC1CC(CCC(=O)O)CN(C)C1. The monoisotopic (exact) mass is 228 g/mol. The highest BCUT2D eigenvalue weighted by Crippen LogP contribution is 2.20. The molecule has 2 unspecified atom stereocenters. The predicted molar refractivity (Wildman–Crippen MR) is 60.1 cm³/mol. The predicted octanol–water partition coefficient (Wildman–Crippen LogP) is 0.308. The van der Waals surface area contributed by atoms with Crippen LogP contribution in [0.1, 0.15) is 26.2 Å². The normalized spacial score (nSPS) is 26.4. The van der Waals surface area contributed by atoms with Crippen molar-refractivity contribution in [1.82, 2.24) is 10.2 Å². The second kappa shape index (κ2) is 5.84. The third-order valence-electron chi connectivity index (χ3n) is 2.89. The minimum absolute atomic E-state index is 0.0164. The third-order valence-corrected chi connectivity index (χ3v) is 2.89. The molecule has 1 aliphatic heterocycles. The Morgan fingerprint density at radius 3 is 2.69 bits per heavy atom. The van der Waals surface area contributed by atoms with Crippen molar-refractivity contribution < 1.29 is 14.7 Å². The summed E-state index contributed by atoms with van der Waals surface area (Å²) in [6.07, 6.45) is 1.79. The molecular weight excluding hydrogens is 208 g/mol. The van der Waals surface area contributed by atoms with Crippen molar-refractivity contribution in [3.63, 3.8) is 0 Å². The number of hydrogen-bond acceptors (Lipinski definition) is 3. The van der Waals surface area contributed by atoms with Crippen LogP contribution in [0.2, 0.25) is 0 Å². The average Bonchev–Trinajstić information content (AvgIpc) is 2.12. The molecular formula is C11H20N2O3. The van der Waals surface area contributed by atoms with Gasteiger partial charge < -0.3 is 15.3 Å². The van der Waals surface area contributed by atoms with Crippen molar-refractivity contribution >= 4 is 11.9 Å². The Morgan fingerprint density at radius 1 is 1.44 bits per heavy atom. The van der Waals surface area contributed by atoms with E-state index in [9.17, 15) is 9.59 Å². The standard InChI is InChI=1S/C11H20N2O3/c1-8(14)12-10-5-9(3-4-11(15)16)6-13(2)7-10/h9-10H,3-7H2,1-2H3,(H,12,14)(H,15,16). The zero-order valence-electron chi connectivity index (χ0n) is 9.90. The first-order valence-corrected chi connectivity index (χ1v) is 5.64. The van der Waals surface area contributed by atoms with Gasteiger partial charge in [0.25, 0.3) is 0 Å². The van der Waals surface area contributed by atoms with Crippen LogP contribution in [0.3, 0.4) is 0 Å². The van der Waals surface area contributed by atoms with Crippen molar-refractivity contribution in [3.05, 3.63) is 0 Å². The second-order valence-electron chi connectivity index (χ2n) is 4.65. The molecule has 5 heteroatoms. The van der Waals surface area contributed by atoms with Crippen LogP contribution in [0.15, 0.2) is 0 Å². The van der Waals surface area contributed by atoms with Gasteiger partial charge in [-0.3, -0.25) is 9.59 Å². The number of carboxylic acids is 1. The molecule has 0 aromatic carbocycles. The van der Waals surface area contributed by atoms with Gasteiger partial charge in [0.2, 0.25) is 5.91 Å². The van der Waals surface area contributed by atoms with Gasteiger partial charge in [0.1, 0.15) is 0 Å². The fourth-order valence-corrected chi connectivity index (χ4v) is 2.37. The second-order valence-corrected chi connectivity index (χ2v) is 4.65. The number of amides is 1. The molecule has 16 heavy (non-hydrogen) atoms. The number of piperidine rings is 1. The van der Waals surface area contributed by atoms with Gasteiger partial charge in [-0.2, -0.15) is 0 Å². The maximum absolute atomic E-state index is 11.0. The molecule has 0 bridgehead atoms. The Labute approximate surface area is 95.8 Å². The minimum atomic E-state index is -0.746. The van der Waals surface area contributed by atoms with E-state index >= 15 is 0 Å². The van der Waals surface area contributed by atoms with E-state index < -0.39 is 5.97 Å². The van der Waals surface area contributed by atoms with Crippen molar-refractivity contribution in [2.24, 2.45) is 5.92 Å². The molecule has 1 aliphatic rings. The number of hydrogen-bond donors (Lipinski definition) is 2. The number of likely N-dealkylation sites (tertiary alicyclic amines) is 1. The Balaban J connectivity index is 2.40. The molecule has 1 saturated heterocycles. The summed E-state index contributed by atoms with van der Waals surface area (Å²) < 4.78 is 0. The highest BCUT2D eigenvalue weighted by atomic mass is 16.4. The molecule has 92 valence electrons. The van der Waals surface area contributed by atoms with E-state index in [1.54, 1.807) is 0 Å². The van der Waals surface area contributed by atoms with Gasteiger partial charge in [-0.1, -0.05) is 0 Å². The summed E-state index contributed by atoms with van der Waals surface area (Å²) in [7, 11) is 2.00. The van der Waals surface area contributed by atoms with E-state index in [1.165, 1.54) is 6.92 Å². The lowest BCUT2D eigenvalue weighted by Crippen LogP contribution is -2.49. The lowest BCUT2D eigenvalue weighted by molar-refractivity contribution is -0.137. The van der Waals surface area contributed by atoms with Crippen molar-refractivity contribution in [2.75, 3.05) is 20.1 Å². The van der Waals surface area contributed by atoms with E-state index in [0.717, 1.165) is 19.5 Å². The van der Waals surface area contributed by atoms with Gasteiger partial charge in [-0.25, -0.2) is 0 Å². The molecule has 0 radical (unpaired) electrons. The summed E-state index contributed by atoms with van der Waals surface area (Å²) in [5.74, 6) is -0.395. The summed E-state index contributed by atoms with van der Waals surface area (Å²) in [6.45, 7) is 3.29. The molecule has 1 rings (SSSR count). The van der Waals surface area contributed by atoms with Gasteiger partial charge >= 0.3 is 5.97 Å². The zero-order valence-corrected chi connectivity index (χ0v) is 9.90. The van der Waals surface area contributed by atoms with E-state index in [4.69, 9.17) is 5.11 Å². The topological polar surface area (TPSA) is 69.6 Å². The summed E-state index contributed by atoms with van der Waals surface area (Å²) in [4.78, 5) is 23.6. The fourth-order valence-electron chi connectivity index (χ4n) is 2.37. The summed E-state index contributed by atoms with van der Waals surface area (Å²) in [5, 5.41) is 11.5. The van der Waals surface area contributed by atoms with Gasteiger partial charge in [0.05, 0.1) is 0 Å². The molecule has 0 aliphatic carbocycles. The molecule has 1 heterocycles. The molecule has 1 fully saturated rings. The Bertz CT molecular complexity index is 268. The summed E-state index contributed by atoms with van der Waals surface area (Å²) in [6, 6.07) is 0.162. The molecule has 1 amide bonds. The minimum Gasteiger partial charge on any atom is -0.481 e. The Kier molecular flexibility index (Phi) is 4.73. The van der Waals surface area contributed by atoms with Crippen molar-refractivity contribution in [3.8, 4) is 0 Å². The summed E-state index contributed by atoms with van der Waals surface area (Å²) in [5.41, 5.74) is 0. The molecule has 2 N–H and O–H groups in total. The lowest BCUT2D eigenvalue weighted by atomic mass is 9.90. The van der Waals surface area contributed by atoms with E-state index in [1.807, 2.05) is 7.05 Å². The first kappa shape index (κ1) is 13.0. The van der Waals surface area contributed by atoms with Crippen LogP contribution in [0, 0.1) is 5.92 Å². The first-order chi connectivity index (χ1) is 7.47. The van der Waals surface area contributed by atoms with Gasteiger partial charge in [-0.05, 0) is 25.8 Å². The van der Waals surface area contributed by atoms with Gasteiger partial charge in [0, 0.05) is 32.5 Å². The number of nitrogens with zero attached hydrogens (tertiary/aromatic N) is 1. The summed E-state index contributed by atoms with van der Waals surface area (Å²) >= 11 is 0. The van der Waals surface area contributed by atoms with Crippen LogP contribution >= 0.6 is 0 Å². The molecule has 0 aromatic heterocycles. The average molecular weight is 228 g/mol.